The van der Waals surface area contributed by atoms with Crippen LogP contribution >= 0.6 is 0 Å². The van der Waals surface area contributed by atoms with E-state index in [1.165, 1.54) is 6.92 Å². The first-order valence-corrected chi connectivity index (χ1v) is 8.67. The Kier molecular flexibility index (Phi) is 8.50. The summed E-state index contributed by atoms with van der Waals surface area (Å²) in [5.41, 5.74) is 0. The first-order chi connectivity index (χ1) is 12.2. The summed E-state index contributed by atoms with van der Waals surface area (Å²) < 4.78 is 21.5. The Hall–Kier alpha value is -2.16. The molecule has 5 atom stereocenters. The van der Waals surface area contributed by atoms with E-state index in [4.69, 9.17) is 18.9 Å². The molecule has 0 aromatic heterocycles. The SMILES string of the molecule is CCC(=O)OC1C([C@@H](C)C(=O)O)OC[C@@H](OC(=O)CC)[C@H]1OC(=O)CC. The van der Waals surface area contributed by atoms with Gasteiger partial charge in [0.05, 0.1) is 12.5 Å². The molecule has 9 nitrogen and oxygen atoms in total. The third kappa shape index (κ3) is 5.69. The van der Waals surface area contributed by atoms with Gasteiger partial charge in [-0.1, -0.05) is 20.8 Å². The highest BCUT2D eigenvalue weighted by atomic mass is 16.6. The largest absolute Gasteiger partial charge is 0.481 e. The number of carboxylic acids is 1. The third-order valence-corrected chi connectivity index (χ3v) is 4.03. The molecule has 1 N–H and O–H groups in total. The molecule has 0 aliphatic carbocycles. The predicted octanol–water partition coefficient (Wildman–Crippen LogP) is 1.07. The number of hydrogen-bond acceptors (Lipinski definition) is 8. The van der Waals surface area contributed by atoms with Crippen LogP contribution in [0.1, 0.15) is 47.0 Å². The Morgan fingerprint density at radius 2 is 1.38 bits per heavy atom. The number of ether oxygens (including phenoxy) is 4. The van der Waals surface area contributed by atoms with Crippen LogP contribution in [0.5, 0.6) is 0 Å². The lowest BCUT2D eigenvalue weighted by Crippen LogP contribution is -2.60. The topological polar surface area (TPSA) is 125 Å². The fourth-order valence-corrected chi connectivity index (χ4v) is 2.46. The van der Waals surface area contributed by atoms with Crippen molar-refractivity contribution in [1.29, 1.82) is 0 Å². The molecule has 26 heavy (non-hydrogen) atoms. The molecule has 0 saturated carbocycles. The van der Waals surface area contributed by atoms with Gasteiger partial charge in [0.25, 0.3) is 0 Å². The van der Waals surface area contributed by atoms with E-state index in [9.17, 15) is 24.3 Å². The Morgan fingerprint density at radius 3 is 1.85 bits per heavy atom. The summed E-state index contributed by atoms with van der Waals surface area (Å²) in [4.78, 5) is 46.7. The molecule has 0 bridgehead atoms. The molecule has 1 rings (SSSR count). The fourth-order valence-electron chi connectivity index (χ4n) is 2.46. The number of hydrogen-bond donors (Lipinski definition) is 1. The van der Waals surface area contributed by atoms with Crippen molar-refractivity contribution in [3.63, 3.8) is 0 Å². The van der Waals surface area contributed by atoms with E-state index in [0.29, 0.717) is 0 Å². The second kappa shape index (κ2) is 10.1. The molecule has 0 amide bonds. The molecular formula is C17H26O9. The van der Waals surface area contributed by atoms with Crippen LogP contribution in [0.25, 0.3) is 0 Å². The minimum Gasteiger partial charge on any atom is -0.481 e. The summed E-state index contributed by atoms with van der Waals surface area (Å²) in [5.74, 6) is -3.93. The fraction of sp³-hybridized carbons (Fsp3) is 0.765. The van der Waals surface area contributed by atoms with Crippen LogP contribution in [0.2, 0.25) is 0 Å². The zero-order chi connectivity index (χ0) is 19.9. The highest BCUT2D eigenvalue weighted by Gasteiger charge is 2.50. The first-order valence-electron chi connectivity index (χ1n) is 8.67. The van der Waals surface area contributed by atoms with Crippen LogP contribution in [-0.2, 0) is 38.1 Å². The zero-order valence-corrected chi connectivity index (χ0v) is 15.4. The predicted molar refractivity (Wildman–Crippen MR) is 87.1 cm³/mol. The van der Waals surface area contributed by atoms with Gasteiger partial charge in [0.1, 0.15) is 6.10 Å². The minimum absolute atomic E-state index is 0.0402. The second-order valence-electron chi connectivity index (χ2n) is 5.92. The second-order valence-corrected chi connectivity index (χ2v) is 5.92. The van der Waals surface area contributed by atoms with Gasteiger partial charge in [-0.15, -0.1) is 0 Å². The van der Waals surface area contributed by atoms with E-state index in [1.807, 2.05) is 0 Å². The summed E-state index contributed by atoms with van der Waals surface area (Å²) >= 11 is 0. The molecule has 1 aliphatic rings. The summed E-state index contributed by atoms with van der Waals surface area (Å²) in [6.45, 7) is 5.98. The summed E-state index contributed by atoms with van der Waals surface area (Å²) in [5, 5.41) is 9.29. The highest BCUT2D eigenvalue weighted by molar-refractivity contribution is 5.72. The molecule has 148 valence electrons. The standard InChI is InChI=1S/C17H26O9/c1-5-11(18)24-10-8-23-14(9(4)17(21)22)16(26-13(20)7-3)15(10)25-12(19)6-2/h9-10,14-16H,5-8H2,1-4H3,(H,21,22)/t9-,10-,14?,15-,16?/m1/s1. The molecule has 1 aliphatic heterocycles. The maximum Gasteiger partial charge on any atom is 0.309 e. The van der Waals surface area contributed by atoms with Crippen molar-refractivity contribution >= 4 is 23.9 Å². The van der Waals surface area contributed by atoms with Crippen LogP contribution < -0.4 is 0 Å². The molecule has 0 radical (unpaired) electrons. The number of carbonyl (C=O) groups is 4. The van der Waals surface area contributed by atoms with E-state index in [1.54, 1.807) is 20.8 Å². The van der Waals surface area contributed by atoms with Crippen LogP contribution in [-0.4, -0.2) is 60.0 Å². The van der Waals surface area contributed by atoms with Gasteiger partial charge >= 0.3 is 23.9 Å². The Morgan fingerprint density at radius 1 is 0.923 bits per heavy atom. The quantitative estimate of drug-likeness (QED) is 0.490. The third-order valence-electron chi connectivity index (χ3n) is 4.03. The van der Waals surface area contributed by atoms with Gasteiger partial charge in [-0.2, -0.15) is 0 Å². The molecule has 1 fully saturated rings. The zero-order valence-electron chi connectivity index (χ0n) is 15.4. The lowest BCUT2D eigenvalue weighted by molar-refractivity contribution is -0.234. The van der Waals surface area contributed by atoms with Crippen molar-refractivity contribution in [2.45, 2.75) is 71.4 Å². The number of rotatable bonds is 8. The average molecular weight is 374 g/mol. The number of carboxylic acid groups (broad SMARTS) is 1. The summed E-state index contributed by atoms with van der Waals surface area (Å²) in [7, 11) is 0. The van der Waals surface area contributed by atoms with Gasteiger partial charge < -0.3 is 24.1 Å². The Labute approximate surface area is 151 Å². The van der Waals surface area contributed by atoms with Crippen LogP contribution in [0.15, 0.2) is 0 Å². The number of carbonyl (C=O) groups excluding carboxylic acids is 3. The molecule has 2 unspecified atom stereocenters. The van der Waals surface area contributed by atoms with E-state index in [-0.39, 0.29) is 25.9 Å². The van der Waals surface area contributed by atoms with Crippen molar-refractivity contribution < 1.29 is 43.2 Å². The molecule has 1 heterocycles. The van der Waals surface area contributed by atoms with Crippen molar-refractivity contribution in [2.24, 2.45) is 5.92 Å². The van der Waals surface area contributed by atoms with Gasteiger partial charge in [-0.25, -0.2) is 0 Å². The smallest absolute Gasteiger partial charge is 0.309 e. The lowest BCUT2D eigenvalue weighted by Gasteiger charge is -2.42. The van der Waals surface area contributed by atoms with Gasteiger partial charge in [-0.3, -0.25) is 19.2 Å². The lowest BCUT2D eigenvalue weighted by atomic mass is 9.91. The van der Waals surface area contributed by atoms with Crippen LogP contribution in [0.3, 0.4) is 0 Å². The van der Waals surface area contributed by atoms with Crippen LogP contribution in [0.4, 0.5) is 0 Å². The highest BCUT2D eigenvalue weighted by Crippen LogP contribution is 2.29. The molecule has 0 aromatic carbocycles. The van der Waals surface area contributed by atoms with Crippen molar-refractivity contribution in [1.82, 2.24) is 0 Å². The normalized spacial score (nSPS) is 26.5. The molecule has 9 heteroatoms. The van der Waals surface area contributed by atoms with E-state index >= 15 is 0 Å². The maximum atomic E-state index is 11.8. The number of esters is 3. The van der Waals surface area contributed by atoms with Gasteiger partial charge in [0, 0.05) is 19.3 Å². The van der Waals surface area contributed by atoms with Crippen molar-refractivity contribution in [3.8, 4) is 0 Å². The van der Waals surface area contributed by atoms with E-state index < -0.39 is 54.2 Å². The molecule has 0 aromatic rings. The maximum absolute atomic E-state index is 11.8. The Bertz CT molecular complexity index is 530. The minimum atomic E-state index is -1.20. The van der Waals surface area contributed by atoms with Crippen molar-refractivity contribution in [2.75, 3.05) is 6.61 Å². The van der Waals surface area contributed by atoms with Gasteiger partial charge in [0.2, 0.25) is 0 Å². The Balaban J connectivity index is 3.19. The average Bonchev–Trinajstić information content (AvgIpc) is 2.62. The summed E-state index contributed by atoms with van der Waals surface area (Å²) in [6.07, 6.45) is -4.20. The van der Waals surface area contributed by atoms with E-state index in [0.717, 1.165) is 0 Å². The number of aliphatic carboxylic acids is 1. The van der Waals surface area contributed by atoms with Gasteiger partial charge in [-0.05, 0) is 6.92 Å². The molecule has 0 spiro atoms. The van der Waals surface area contributed by atoms with Crippen molar-refractivity contribution in [3.05, 3.63) is 0 Å². The molecular weight excluding hydrogens is 348 g/mol. The molecule has 1 saturated heterocycles. The van der Waals surface area contributed by atoms with E-state index in [2.05, 4.69) is 0 Å². The summed E-state index contributed by atoms with van der Waals surface area (Å²) in [6, 6.07) is 0. The monoisotopic (exact) mass is 374 g/mol. The first kappa shape index (κ1) is 21.9. The van der Waals surface area contributed by atoms with Gasteiger partial charge in [0.15, 0.2) is 18.3 Å². The van der Waals surface area contributed by atoms with Crippen LogP contribution in [0, 0.1) is 5.92 Å².